The molecule has 0 aliphatic rings. The van der Waals surface area contributed by atoms with E-state index in [0.717, 1.165) is 0 Å². The minimum absolute atomic E-state index is 0.0315. The molecule has 21 heavy (non-hydrogen) atoms. The lowest BCUT2D eigenvalue weighted by Gasteiger charge is -2.11. The second kappa shape index (κ2) is 6.99. The Morgan fingerprint density at radius 2 is 1.95 bits per heavy atom. The molecule has 0 saturated heterocycles. The van der Waals surface area contributed by atoms with Crippen molar-refractivity contribution in [1.82, 2.24) is 10.3 Å². The second-order valence-corrected chi connectivity index (χ2v) is 4.38. The Balaban J connectivity index is 2.16. The Bertz CT molecular complexity index is 597. The number of pyridine rings is 1. The van der Waals surface area contributed by atoms with Gasteiger partial charge >= 0.3 is 0 Å². The summed E-state index contributed by atoms with van der Waals surface area (Å²) in [6, 6.07) is 5.91. The Morgan fingerprint density at radius 1 is 1.24 bits per heavy atom. The van der Waals surface area contributed by atoms with Crippen molar-refractivity contribution < 1.29 is 18.3 Å². The van der Waals surface area contributed by atoms with Crippen LogP contribution in [0.4, 0.5) is 8.78 Å². The summed E-state index contributed by atoms with van der Waals surface area (Å²) < 4.78 is 38.1. The van der Waals surface area contributed by atoms with Crippen LogP contribution in [0.3, 0.4) is 0 Å². The highest BCUT2D eigenvalue weighted by molar-refractivity contribution is 5.32. The van der Waals surface area contributed by atoms with Crippen LogP contribution >= 0.6 is 0 Å². The number of ether oxygens (including phenoxy) is 2. The van der Waals surface area contributed by atoms with Gasteiger partial charge in [0.25, 0.3) is 0 Å². The van der Waals surface area contributed by atoms with Crippen molar-refractivity contribution in [3.05, 3.63) is 53.2 Å². The van der Waals surface area contributed by atoms with Gasteiger partial charge in [0.1, 0.15) is 6.61 Å². The summed E-state index contributed by atoms with van der Waals surface area (Å²) in [5.74, 6) is -1.50. The van der Waals surface area contributed by atoms with Gasteiger partial charge in [-0.2, -0.15) is 0 Å². The van der Waals surface area contributed by atoms with Crippen LogP contribution in [0.15, 0.2) is 30.5 Å². The van der Waals surface area contributed by atoms with Gasteiger partial charge in [0.05, 0.1) is 12.7 Å². The maximum absolute atomic E-state index is 13.9. The van der Waals surface area contributed by atoms with E-state index in [1.165, 1.54) is 19.2 Å². The van der Waals surface area contributed by atoms with E-state index in [0.29, 0.717) is 23.6 Å². The Kier molecular flexibility index (Phi) is 5.05. The second-order valence-electron chi connectivity index (χ2n) is 4.38. The molecule has 0 bridgehead atoms. The molecule has 0 fully saturated rings. The van der Waals surface area contributed by atoms with Gasteiger partial charge in [0.2, 0.25) is 5.88 Å². The summed E-state index contributed by atoms with van der Waals surface area (Å²) in [7, 11) is 3.18. The van der Waals surface area contributed by atoms with Crippen molar-refractivity contribution in [2.45, 2.75) is 13.2 Å². The number of nitrogens with zero attached hydrogens (tertiary/aromatic N) is 1. The summed E-state index contributed by atoms with van der Waals surface area (Å²) >= 11 is 0. The Labute approximate surface area is 121 Å². The smallest absolute Gasteiger partial charge is 0.219 e. The van der Waals surface area contributed by atoms with Gasteiger partial charge in [0.15, 0.2) is 17.4 Å². The average Bonchev–Trinajstić information content (AvgIpc) is 2.47. The van der Waals surface area contributed by atoms with Crippen LogP contribution in [0, 0.1) is 11.6 Å². The number of aromatic nitrogens is 1. The van der Waals surface area contributed by atoms with Crippen molar-refractivity contribution in [1.29, 1.82) is 0 Å². The summed E-state index contributed by atoms with van der Waals surface area (Å²) in [6.07, 6.45) is 1.57. The molecule has 112 valence electrons. The molecule has 0 radical (unpaired) electrons. The highest BCUT2D eigenvalue weighted by atomic mass is 19.1. The van der Waals surface area contributed by atoms with Crippen molar-refractivity contribution in [2.24, 2.45) is 0 Å². The lowest BCUT2D eigenvalue weighted by Crippen LogP contribution is -2.07. The predicted molar refractivity (Wildman–Crippen MR) is 74.2 cm³/mol. The molecular formula is C15H16F2N2O2. The van der Waals surface area contributed by atoms with E-state index in [1.807, 2.05) is 0 Å². The third-order valence-electron chi connectivity index (χ3n) is 2.85. The minimum Gasteiger partial charge on any atom is -0.483 e. The molecule has 1 aromatic heterocycles. The highest BCUT2D eigenvalue weighted by Gasteiger charge is 2.14. The number of methoxy groups -OCH3 is 1. The third kappa shape index (κ3) is 3.66. The fraction of sp³-hybridized carbons (Fsp3) is 0.267. The molecule has 4 nitrogen and oxygen atoms in total. The fourth-order valence-electron chi connectivity index (χ4n) is 1.92. The lowest BCUT2D eigenvalue weighted by molar-refractivity contribution is 0.266. The Morgan fingerprint density at radius 3 is 2.57 bits per heavy atom. The van der Waals surface area contributed by atoms with Gasteiger partial charge in [0, 0.05) is 12.7 Å². The zero-order valence-corrected chi connectivity index (χ0v) is 11.8. The fourth-order valence-corrected chi connectivity index (χ4v) is 1.92. The van der Waals surface area contributed by atoms with Crippen LogP contribution in [0.5, 0.6) is 11.6 Å². The topological polar surface area (TPSA) is 43.4 Å². The summed E-state index contributed by atoms with van der Waals surface area (Å²) in [4.78, 5) is 3.99. The molecule has 1 N–H and O–H groups in total. The van der Waals surface area contributed by atoms with Crippen molar-refractivity contribution in [3.8, 4) is 11.6 Å². The molecule has 2 aromatic rings. The van der Waals surface area contributed by atoms with Crippen LogP contribution in [-0.4, -0.2) is 19.1 Å². The molecule has 1 heterocycles. The quantitative estimate of drug-likeness (QED) is 0.889. The van der Waals surface area contributed by atoms with Gasteiger partial charge in [-0.3, -0.25) is 0 Å². The van der Waals surface area contributed by atoms with E-state index in [4.69, 9.17) is 9.47 Å². The first kappa shape index (κ1) is 15.2. The Hall–Kier alpha value is -2.21. The van der Waals surface area contributed by atoms with E-state index in [-0.39, 0.29) is 6.61 Å². The van der Waals surface area contributed by atoms with Gasteiger partial charge in [-0.1, -0.05) is 0 Å². The van der Waals surface area contributed by atoms with Crippen molar-refractivity contribution in [2.75, 3.05) is 14.2 Å². The molecular weight excluding hydrogens is 278 g/mol. The highest BCUT2D eigenvalue weighted by Crippen LogP contribution is 2.25. The van der Waals surface area contributed by atoms with E-state index in [2.05, 4.69) is 10.3 Å². The molecule has 1 aromatic carbocycles. The van der Waals surface area contributed by atoms with Gasteiger partial charge < -0.3 is 14.8 Å². The van der Waals surface area contributed by atoms with Crippen LogP contribution < -0.4 is 14.8 Å². The predicted octanol–water partition coefficient (Wildman–Crippen LogP) is 2.67. The molecule has 0 unspecified atom stereocenters. The molecule has 0 aliphatic carbocycles. The zero-order valence-electron chi connectivity index (χ0n) is 11.8. The average molecular weight is 294 g/mol. The largest absolute Gasteiger partial charge is 0.483 e. The molecule has 0 amide bonds. The lowest BCUT2D eigenvalue weighted by atomic mass is 10.2. The van der Waals surface area contributed by atoms with Gasteiger partial charge in [-0.25, -0.2) is 13.8 Å². The molecule has 2 rings (SSSR count). The molecule has 0 aliphatic heterocycles. The summed E-state index contributed by atoms with van der Waals surface area (Å²) in [5, 5.41) is 2.83. The normalized spacial score (nSPS) is 10.5. The molecule has 6 heteroatoms. The van der Waals surface area contributed by atoms with Crippen molar-refractivity contribution >= 4 is 0 Å². The van der Waals surface area contributed by atoms with Crippen LogP contribution in [-0.2, 0) is 13.2 Å². The number of hydrogen-bond acceptors (Lipinski definition) is 4. The molecule has 0 spiro atoms. The standard InChI is InChI=1S/C15H16F2N2O2/c1-18-8-10-6-12(16)14(13(17)7-10)21-9-11-4-3-5-19-15(11)20-2/h3-7,18H,8-9H2,1-2H3. The number of halogens is 2. The van der Waals surface area contributed by atoms with Gasteiger partial charge in [-0.05, 0) is 36.9 Å². The number of rotatable bonds is 6. The van der Waals surface area contributed by atoms with E-state index < -0.39 is 17.4 Å². The SMILES string of the molecule is CNCc1cc(F)c(OCc2cccnc2OC)c(F)c1. The zero-order chi connectivity index (χ0) is 15.2. The summed E-state index contributed by atoms with van der Waals surface area (Å²) in [6.45, 7) is 0.348. The molecule has 0 atom stereocenters. The minimum atomic E-state index is -0.733. The molecule has 0 saturated carbocycles. The first-order valence-electron chi connectivity index (χ1n) is 6.39. The maximum atomic E-state index is 13.9. The third-order valence-corrected chi connectivity index (χ3v) is 2.85. The van der Waals surface area contributed by atoms with E-state index in [1.54, 1.807) is 25.4 Å². The maximum Gasteiger partial charge on any atom is 0.219 e. The first-order valence-corrected chi connectivity index (χ1v) is 6.39. The number of nitrogens with one attached hydrogen (secondary N) is 1. The number of benzene rings is 1. The monoisotopic (exact) mass is 294 g/mol. The summed E-state index contributed by atoms with van der Waals surface area (Å²) in [5.41, 5.74) is 1.12. The van der Waals surface area contributed by atoms with E-state index >= 15 is 0 Å². The van der Waals surface area contributed by atoms with Gasteiger partial charge in [-0.15, -0.1) is 0 Å². The number of hydrogen-bond donors (Lipinski definition) is 1. The van der Waals surface area contributed by atoms with Crippen molar-refractivity contribution in [3.63, 3.8) is 0 Å². The van der Waals surface area contributed by atoms with Crippen LogP contribution in [0.25, 0.3) is 0 Å². The van der Waals surface area contributed by atoms with E-state index in [9.17, 15) is 8.78 Å². The van der Waals surface area contributed by atoms with Crippen LogP contribution in [0.1, 0.15) is 11.1 Å². The first-order chi connectivity index (χ1) is 10.2. The van der Waals surface area contributed by atoms with Crippen LogP contribution in [0.2, 0.25) is 0 Å².